The fraction of sp³-hybridized carbons (Fsp3) is 0.596. The summed E-state index contributed by atoms with van der Waals surface area (Å²) < 4.78 is 5.65. The summed E-state index contributed by atoms with van der Waals surface area (Å²) in [5.41, 5.74) is 19.1. The smallest absolute Gasteiger partial charge is 0.303 e. The fourth-order valence-corrected chi connectivity index (χ4v) is 15.1. The van der Waals surface area contributed by atoms with Gasteiger partial charge in [-0.3, -0.25) is 107 Å². The molecule has 4 rings (SSSR count). The van der Waals surface area contributed by atoms with E-state index in [2.05, 4.69) is 52.8 Å². The quantitative estimate of drug-likeness (QED) is 0.0166. The van der Waals surface area contributed by atoms with E-state index in [1.165, 1.54) is 36.1 Å². The summed E-state index contributed by atoms with van der Waals surface area (Å²) in [6.07, 6.45) is -6.83. The third-order valence-electron chi connectivity index (χ3n) is 22.2. The molecular weight excluding hydrogens is 1710 g/mol. The Balaban J connectivity index is 1.50. The van der Waals surface area contributed by atoms with Crippen LogP contribution in [-0.4, -0.2) is 253 Å². The second-order valence-electron chi connectivity index (χ2n) is 33.8. The molecule has 2 heterocycles. The Bertz CT molecular complexity index is 4510. The summed E-state index contributed by atoms with van der Waals surface area (Å²) in [6.45, 7) is 9.22. The lowest BCUT2D eigenvalue weighted by Crippen LogP contribution is -2.55. The van der Waals surface area contributed by atoms with Crippen LogP contribution < -0.4 is 65.1 Å². The van der Waals surface area contributed by atoms with Crippen LogP contribution in [0.1, 0.15) is 224 Å². The van der Waals surface area contributed by atoms with Crippen molar-refractivity contribution in [2.75, 3.05) is 39.4 Å². The molecule has 2 aromatic carbocycles. The molecule has 2 unspecified atom stereocenters. The molecule has 0 saturated carbocycles. The number of aromatic amines is 1. The molecule has 42 heteroatoms. The zero-order valence-electron chi connectivity index (χ0n) is 75.1. The molecule has 8 amide bonds. The number of rotatable bonds is 67. The number of carbonyl (C=O) groups excluding carboxylic acids is 15. The van der Waals surface area contributed by atoms with Gasteiger partial charge in [-0.2, -0.15) is 0 Å². The Labute approximate surface area is 758 Å². The first-order valence-corrected chi connectivity index (χ1v) is 44.1. The Kier molecular flexibility index (Phi) is 48.4. The number of nitrogens with two attached hydrogens (primary N) is 3. The SMILES string of the molecule is CCC(=O)C(CCCNC(=N)N)NC(=O)[C@@H](CC(=O)[C@H](CC(C)C)NC(=O)CCC(=O)[C@H](CC(C)C)NC(=O)[C@@H]1CCCN1C(=O)[C@H](CCCNC(=N)N)NC(=O)COCCNC(=O)C(CC(=O)[C@@H](CCC(=O)O)NC(=O)[C@@H](CCC(=O)O)CC(=O)[C@@H](CCC(=O)O)NC(=O)[C@@H](CCC(=O)O)CC(=O)[C@H](N)CCC(=O)O)Cc1ccc(C(C)=O)cc1)Cc1c[nH]c2ccccc12. The van der Waals surface area contributed by atoms with E-state index in [-0.39, 0.29) is 144 Å². The zero-order chi connectivity index (χ0) is 97.7. The first kappa shape index (κ1) is 111. The third-order valence-corrected chi connectivity index (χ3v) is 22.2. The number of benzene rings is 2. The molecule has 23 N–H and O–H groups in total. The van der Waals surface area contributed by atoms with Crippen molar-refractivity contribution in [3.05, 3.63) is 71.4 Å². The van der Waals surface area contributed by atoms with Crippen molar-refractivity contribution in [2.24, 2.45) is 52.7 Å². The number of fused-ring (bicyclic) bond motifs is 1. The molecule has 3 aromatic rings. The number of nitrogens with one attached hydrogen (secondary N) is 12. The largest absolute Gasteiger partial charge is 0.481 e. The number of para-hydroxylation sites is 1. The van der Waals surface area contributed by atoms with Crippen LogP contribution >= 0.6 is 0 Å². The highest BCUT2D eigenvalue weighted by Crippen LogP contribution is 2.28. The minimum atomic E-state index is -1.79. The highest BCUT2D eigenvalue weighted by Gasteiger charge is 2.41. The van der Waals surface area contributed by atoms with Crippen molar-refractivity contribution in [1.82, 2.24) is 57.7 Å². The van der Waals surface area contributed by atoms with Gasteiger partial charge in [0.25, 0.3) is 0 Å². The van der Waals surface area contributed by atoms with Crippen LogP contribution in [0.5, 0.6) is 0 Å². The standard InChI is InChI=1S/C89H130N16O26/c1-7-69(107)62(15-10-34-96-88(91)92)101-85(128)57(42-58-47-98-61-14-9-8-13-59(58)61)46-74(112)67(40-50(4)5)100-75(113)28-27-70(108)66(39-49(2)3)104-86(129)68-17-12-37-105(68)87(130)65(16-11-35-97-89(93)94)99-76(114)48-131-38-36-95-82(125)56(41-52-18-20-53(21-19-52)51(6)106)45-73(111)64(26-33-81(123)124)103-84(127)55(23-30-78(117)118)44-72(110)63(25-32-80(121)122)102-83(126)54(22-29-77(115)116)43-71(109)60(90)24-31-79(119)120/h8-9,13-14,18-21,47,49-50,54-57,60,62-68,98H,7,10-12,15-17,22-46,48,90H2,1-6H3,(H,95,125)(H,99,114)(H,100,113)(H,101,128)(H,102,126)(H,103,127)(H,104,129)(H,115,116)(H,117,118)(H,119,120)(H,121,122)(H,123,124)(H4,91,92,96)(H4,93,94,97)/t54-,55-,56?,57+,60+,62?,63+,64+,65-,66-,67-,68-/m0/s1. The maximum Gasteiger partial charge on any atom is 0.303 e. The van der Waals surface area contributed by atoms with Gasteiger partial charge < -0.3 is 105 Å². The lowest BCUT2D eigenvalue weighted by atomic mass is 9.88. The van der Waals surface area contributed by atoms with E-state index in [0.29, 0.717) is 18.4 Å². The van der Waals surface area contributed by atoms with Crippen molar-refractivity contribution >= 4 is 140 Å². The molecule has 0 bridgehead atoms. The number of carboxylic acids is 5. The van der Waals surface area contributed by atoms with E-state index in [1.807, 2.05) is 52.0 Å². The lowest BCUT2D eigenvalue weighted by molar-refractivity contribution is -0.142. The maximum absolute atomic E-state index is 14.7. The monoisotopic (exact) mass is 1840 g/mol. The molecule has 1 aliphatic heterocycles. The summed E-state index contributed by atoms with van der Waals surface area (Å²) in [5, 5.41) is 87.4. The van der Waals surface area contributed by atoms with Crippen LogP contribution in [0.2, 0.25) is 0 Å². The lowest BCUT2D eigenvalue weighted by Gasteiger charge is -2.30. The molecule has 0 aliphatic carbocycles. The summed E-state index contributed by atoms with van der Waals surface area (Å²) in [4.78, 5) is 273. The van der Waals surface area contributed by atoms with Crippen LogP contribution in [0.4, 0.5) is 0 Å². The van der Waals surface area contributed by atoms with Gasteiger partial charge in [0.15, 0.2) is 46.6 Å². The molecule has 1 fully saturated rings. The summed E-state index contributed by atoms with van der Waals surface area (Å²) in [6, 6.07) is 2.74. The summed E-state index contributed by atoms with van der Waals surface area (Å²) in [7, 11) is 0. The second kappa shape index (κ2) is 57.3. The number of aliphatic carboxylic acids is 5. The number of hydrogen-bond donors (Lipinski definition) is 20. The van der Waals surface area contributed by atoms with Gasteiger partial charge in [0.2, 0.25) is 47.3 Å². The number of ether oxygens (including phenoxy) is 1. The number of carbonyl (C=O) groups is 20. The van der Waals surface area contributed by atoms with Crippen LogP contribution in [0.15, 0.2) is 54.7 Å². The van der Waals surface area contributed by atoms with E-state index in [0.717, 1.165) is 16.5 Å². The molecule has 131 heavy (non-hydrogen) atoms. The number of likely N-dealkylation sites (tertiary alicyclic amines) is 1. The Hall–Kier alpha value is -12.8. The van der Waals surface area contributed by atoms with Gasteiger partial charge in [-0.05, 0) is 132 Å². The number of ketones is 7. The topological polar surface area (TPSA) is 705 Å². The highest BCUT2D eigenvalue weighted by molar-refractivity contribution is 6.01. The molecule has 1 saturated heterocycles. The average Bonchev–Trinajstić information content (AvgIpc) is 1.62. The van der Waals surface area contributed by atoms with Gasteiger partial charge in [0.05, 0.1) is 42.9 Å². The first-order valence-electron chi connectivity index (χ1n) is 44.1. The van der Waals surface area contributed by atoms with E-state index < -0.39 is 275 Å². The van der Waals surface area contributed by atoms with Crippen molar-refractivity contribution in [3.63, 3.8) is 0 Å². The number of nitrogens with zero attached hydrogens (tertiary/aromatic N) is 1. The Morgan fingerprint density at radius 2 is 0.939 bits per heavy atom. The van der Waals surface area contributed by atoms with Crippen molar-refractivity contribution < 1.29 is 126 Å². The van der Waals surface area contributed by atoms with E-state index in [9.17, 15) is 116 Å². The van der Waals surface area contributed by atoms with Gasteiger partial charge in [-0.25, -0.2) is 0 Å². The van der Waals surface area contributed by atoms with E-state index >= 15 is 0 Å². The van der Waals surface area contributed by atoms with Crippen LogP contribution in [0.25, 0.3) is 10.9 Å². The summed E-state index contributed by atoms with van der Waals surface area (Å²) >= 11 is 0. The van der Waals surface area contributed by atoms with Gasteiger partial charge >= 0.3 is 29.8 Å². The normalized spacial score (nSPS) is 14.9. The van der Waals surface area contributed by atoms with Crippen LogP contribution in [0.3, 0.4) is 0 Å². The number of amides is 8. The molecule has 0 radical (unpaired) electrons. The van der Waals surface area contributed by atoms with Gasteiger partial charge in [-0.1, -0.05) is 77.1 Å². The first-order chi connectivity index (χ1) is 61.9. The van der Waals surface area contributed by atoms with Gasteiger partial charge in [-0.15, -0.1) is 0 Å². The van der Waals surface area contributed by atoms with E-state index in [4.69, 9.17) is 37.9 Å². The number of carboxylic acid groups (broad SMARTS) is 5. The molecule has 42 nitrogen and oxygen atoms in total. The Morgan fingerprint density at radius 1 is 0.481 bits per heavy atom. The molecule has 0 spiro atoms. The second-order valence-corrected chi connectivity index (χ2v) is 33.8. The number of hydrogen-bond acceptors (Lipinski definition) is 24. The third kappa shape index (κ3) is 41.7. The molecule has 1 aliphatic rings. The number of H-pyrrole nitrogens is 1. The molecule has 722 valence electrons. The minimum Gasteiger partial charge on any atom is -0.481 e. The number of aromatic nitrogens is 1. The predicted octanol–water partition coefficient (Wildman–Crippen LogP) is 2.09. The fourth-order valence-electron chi connectivity index (χ4n) is 15.1. The maximum atomic E-state index is 14.7. The van der Waals surface area contributed by atoms with Gasteiger partial charge in [0.1, 0.15) is 24.5 Å². The molecule has 1 aromatic heterocycles. The number of Topliss-reactive ketones (excluding diaryl/α,β-unsaturated/α-hetero) is 7. The predicted molar refractivity (Wildman–Crippen MR) is 474 cm³/mol. The molecular formula is C89H130N16O26. The van der Waals surface area contributed by atoms with Crippen LogP contribution in [0, 0.1) is 46.3 Å². The van der Waals surface area contributed by atoms with Gasteiger partial charge in [0, 0.05) is 150 Å². The zero-order valence-corrected chi connectivity index (χ0v) is 75.1. The molecule has 12 atom stereocenters. The Morgan fingerprint density at radius 3 is 1.45 bits per heavy atom. The summed E-state index contributed by atoms with van der Waals surface area (Å²) in [5.74, 6) is -24.6. The van der Waals surface area contributed by atoms with Crippen LogP contribution in [-0.2, 0) is 109 Å². The number of guanidine groups is 2. The van der Waals surface area contributed by atoms with Crippen molar-refractivity contribution in [3.8, 4) is 0 Å². The van der Waals surface area contributed by atoms with E-state index in [1.54, 1.807) is 13.1 Å². The minimum absolute atomic E-state index is 0.0439. The average molecular weight is 1840 g/mol. The van der Waals surface area contributed by atoms with Crippen molar-refractivity contribution in [1.29, 1.82) is 10.8 Å². The van der Waals surface area contributed by atoms with Crippen molar-refractivity contribution in [2.45, 2.75) is 263 Å². The highest BCUT2D eigenvalue weighted by atomic mass is 16.5.